The Bertz CT molecular complexity index is 1300. The molecule has 7 nitrogen and oxygen atoms in total. The van der Waals surface area contributed by atoms with Crippen molar-refractivity contribution < 1.29 is 9.84 Å². The second-order valence-electron chi connectivity index (χ2n) is 8.35. The zero-order valence-electron chi connectivity index (χ0n) is 17.3. The van der Waals surface area contributed by atoms with Crippen LogP contribution in [0.1, 0.15) is 42.7 Å². The minimum atomic E-state index is -0.0584. The molecule has 4 aromatic rings. The van der Waals surface area contributed by atoms with E-state index in [0.29, 0.717) is 17.8 Å². The molecular weight excluding hydrogens is 390 g/mol. The predicted octanol–water partition coefficient (Wildman–Crippen LogP) is 4.06. The quantitative estimate of drug-likeness (QED) is 0.531. The number of aromatic nitrogens is 5. The SMILES string of the molecule is Cc1cccc(-c2nc3n(c2-c2ccc4ncc(OCCO)nc4c2)C2CCC3C2)n1. The molecule has 1 aliphatic carbocycles. The number of nitrogens with zero attached hydrogens (tertiary/aromatic N) is 5. The Hall–Kier alpha value is -3.32. The fourth-order valence-electron chi connectivity index (χ4n) is 5.03. The van der Waals surface area contributed by atoms with Crippen LogP contribution in [0.3, 0.4) is 0 Å². The summed E-state index contributed by atoms with van der Waals surface area (Å²) in [6, 6.07) is 12.7. The average Bonchev–Trinajstić information content (AvgIpc) is 3.49. The Morgan fingerprint density at radius 2 is 2.03 bits per heavy atom. The van der Waals surface area contributed by atoms with Crippen molar-refractivity contribution in [2.24, 2.45) is 0 Å². The third kappa shape index (κ3) is 2.99. The Balaban J connectivity index is 1.53. The van der Waals surface area contributed by atoms with Crippen LogP contribution in [0.25, 0.3) is 33.7 Å². The Morgan fingerprint density at radius 3 is 2.90 bits per heavy atom. The van der Waals surface area contributed by atoms with Gasteiger partial charge in [-0.1, -0.05) is 12.1 Å². The number of rotatable bonds is 5. The van der Waals surface area contributed by atoms with Crippen molar-refractivity contribution in [1.29, 1.82) is 0 Å². The van der Waals surface area contributed by atoms with Crippen molar-refractivity contribution in [2.45, 2.75) is 38.1 Å². The normalized spacial score (nSPS) is 19.2. The van der Waals surface area contributed by atoms with Gasteiger partial charge in [0.05, 0.1) is 35.2 Å². The van der Waals surface area contributed by atoms with Crippen molar-refractivity contribution in [2.75, 3.05) is 13.2 Å². The molecule has 1 N–H and O–H groups in total. The number of pyridine rings is 1. The van der Waals surface area contributed by atoms with Crippen LogP contribution in [-0.4, -0.2) is 42.8 Å². The Labute approximate surface area is 179 Å². The summed E-state index contributed by atoms with van der Waals surface area (Å²) in [5.41, 5.74) is 6.57. The molecule has 2 aliphatic rings. The van der Waals surface area contributed by atoms with E-state index >= 15 is 0 Å². The lowest BCUT2D eigenvalue weighted by Gasteiger charge is -2.17. The lowest BCUT2D eigenvalue weighted by Crippen LogP contribution is -2.08. The number of aliphatic hydroxyl groups excluding tert-OH is 1. The zero-order chi connectivity index (χ0) is 20.9. The third-order valence-corrected chi connectivity index (χ3v) is 6.34. The number of fused-ring (bicyclic) bond motifs is 6. The summed E-state index contributed by atoms with van der Waals surface area (Å²) in [5, 5.41) is 9.02. The van der Waals surface area contributed by atoms with E-state index in [4.69, 9.17) is 19.8 Å². The fraction of sp³-hybridized carbons (Fsp3) is 0.333. The summed E-state index contributed by atoms with van der Waals surface area (Å²) in [7, 11) is 0. The highest BCUT2D eigenvalue weighted by Gasteiger charge is 2.41. The molecule has 0 amide bonds. The van der Waals surface area contributed by atoms with E-state index in [1.165, 1.54) is 25.1 Å². The number of imidazole rings is 1. The highest BCUT2D eigenvalue weighted by Crippen LogP contribution is 2.52. The summed E-state index contributed by atoms with van der Waals surface area (Å²) < 4.78 is 7.90. The van der Waals surface area contributed by atoms with Crippen LogP contribution >= 0.6 is 0 Å². The molecule has 1 saturated carbocycles. The third-order valence-electron chi connectivity index (χ3n) is 6.34. The first-order chi connectivity index (χ1) is 15.2. The van der Waals surface area contributed by atoms with Gasteiger partial charge >= 0.3 is 0 Å². The molecule has 1 aliphatic heterocycles. The van der Waals surface area contributed by atoms with Gasteiger partial charge in [-0.25, -0.2) is 15.0 Å². The van der Waals surface area contributed by atoms with Gasteiger partial charge in [-0.2, -0.15) is 0 Å². The molecule has 1 aromatic carbocycles. The molecule has 156 valence electrons. The second kappa shape index (κ2) is 7.13. The van der Waals surface area contributed by atoms with Gasteiger partial charge in [-0.05, 0) is 50.5 Å². The van der Waals surface area contributed by atoms with E-state index < -0.39 is 0 Å². The molecule has 1 fully saturated rings. The van der Waals surface area contributed by atoms with Gasteiger partial charge in [-0.15, -0.1) is 0 Å². The lowest BCUT2D eigenvalue weighted by atomic mass is 10.1. The maximum absolute atomic E-state index is 9.02. The van der Waals surface area contributed by atoms with Crippen molar-refractivity contribution in [3.05, 3.63) is 54.1 Å². The van der Waals surface area contributed by atoms with Gasteiger partial charge in [0.1, 0.15) is 18.1 Å². The van der Waals surface area contributed by atoms with Gasteiger partial charge in [-0.3, -0.25) is 4.98 Å². The first-order valence-electron chi connectivity index (χ1n) is 10.8. The molecule has 7 heteroatoms. The number of ether oxygens (including phenoxy) is 1. The number of hydrogen-bond donors (Lipinski definition) is 1. The van der Waals surface area contributed by atoms with Crippen LogP contribution in [0, 0.1) is 6.92 Å². The van der Waals surface area contributed by atoms with Crippen molar-refractivity contribution in [3.63, 3.8) is 0 Å². The van der Waals surface area contributed by atoms with Crippen molar-refractivity contribution in [3.8, 4) is 28.5 Å². The molecular formula is C24H23N5O2. The first kappa shape index (κ1) is 18.4. The molecule has 0 saturated heterocycles. The molecule has 2 unspecified atom stereocenters. The molecule has 6 rings (SSSR count). The summed E-state index contributed by atoms with van der Waals surface area (Å²) in [5.74, 6) is 2.15. The smallest absolute Gasteiger partial charge is 0.232 e. The minimum Gasteiger partial charge on any atom is -0.474 e. The maximum Gasteiger partial charge on any atom is 0.232 e. The van der Waals surface area contributed by atoms with Crippen LogP contribution in [-0.2, 0) is 0 Å². The van der Waals surface area contributed by atoms with E-state index in [9.17, 15) is 0 Å². The van der Waals surface area contributed by atoms with E-state index in [1.807, 2.05) is 31.2 Å². The van der Waals surface area contributed by atoms with Gasteiger partial charge in [0.15, 0.2) is 0 Å². The minimum absolute atomic E-state index is 0.0584. The Kier molecular flexibility index (Phi) is 4.24. The van der Waals surface area contributed by atoms with Gasteiger partial charge in [0.2, 0.25) is 5.88 Å². The van der Waals surface area contributed by atoms with E-state index in [0.717, 1.165) is 39.4 Å². The second-order valence-corrected chi connectivity index (χ2v) is 8.35. The summed E-state index contributed by atoms with van der Waals surface area (Å²) in [6.45, 7) is 2.15. The van der Waals surface area contributed by atoms with E-state index in [-0.39, 0.29) is 13.2 Å². The van der Waals surface area contributed by atoms with Crippen molar-refractivity contribution in [1.82, 2.24) is 24.5 Å². The highest BCUT2D eigenvalue weighted by atomic mass is 16.5. The standard InChI is InChI=1S/C24H23N5O2/c1-14-3-2-4-19(26-14)22-23(29-17-7-5-16(11-17)24(29)28-22)15-6-8-18-20(12-15)27-21(13-25-18)31-10-9-30/h2-4,6,8,12-13,16-17,30H,5,7,9-11H2,1H3. The highest BCUT2D eigenvalue weighted by molar-refractivity contribution is 5.85. The van der Waals surface area contributed by atoms with Crippen molar-refractivity contribution >= 4 is 11.0 Å². The van der Waals surface area contributed by atoms with Gasteiger partial charge in [0, 0.05) is 23.2 Å². The summed E-state index contributed by atoms with van der Waals surface area (Å²) in [4.78, 5) is 18.9. The molecule has 2 atom stereocenters. The summed E-state index contributed by atoms with van der Waals surface area (Å²) in [6.07, 6.45) is 5.20. The molecule has 4 heterocycles. The number of hydrogen-bond acceptors (Lipinski definition) is 6. The molecule has 3 aromatic heterocycles. The van der Waals surface area contributed by atoms with Crippen LogP contribution in [0.4, 0.5) is 0 Å². The lowest BCUT2D eigenvalue weighted by molar-refractivity contribution is 0.196. The van der Waals surface area contributed by atoms with E-state index in [1.54, 1.807) is 6.20 Å². The fourth-order valence-corrected chi connectivity index (χ4v) is 5.03. The molecule has 0 spiro atoms. The van der Waals surface area contributed by atoms with E-state index in [2.05, 4.69) is 26.7 Å². The van der Waals surface area contributed by atoms with Crippen LogP contribution in [0.2, 0.25) is 0 Å². The Morgan fingerprint density at radius 1 is 1.10 bits per heavy atom. The largest absolute Gasteiger partial charge is 0.474 e. The zero-order valence-corrected chi connectivity index (χ0v) is 17.3. The first-order valence-corrected chi connectivity index (χ1v) is 10.8. The topological polar surface area (TPSA) is 86.0 Å². The number of benzene rings is 1. The van der Waals surface area contributed by atoms with Crippen LogP contribution < -0.4 is 4.74 Å². The molecule has 2 bridgehead atoms. The summed E-state index contributed by atoms with van der Waals surface area (Å²) >= 11 is 0. The number of aliphatic hydroxyl groups is 1. The predicted molar refractivity (Wildman–Crippen MR) is 117 cm³/mol. The average molecular weight is 413 g/mol. The van der Waals surface area contributed by atoms with Crippen LogP contribution in [0.15, 0.2) is 42.6 Å². The van der Waals surface area contributed by atoms with Gasteiger partial charge in [0.25, 0.3) is 0 Å². The molecule has 31 heavy (non-hydrogen) atoms. The monoisotopic (exact) mass is 413 g/mol. The van der Waals surface area contributed by atoms with Crippen LogP contribution in [0.5, 0.6) is 5.88 Å². The van der Waals surface area contributed by atoms with Gasteiger partial charge < -0.3 is 14.4 Å². The molecule has 0 radical (unpaired) electrons. The maximum atomic E-state index is 9.02. The number of aryl methyl sites for hydroxylation is 1.